The van der Waals surface area contributed by atoms with Crippen LogP contribution in [0.5, 0.6) is 0 Å². The smallest absolute Gasteiger partial charge is 0.270 e. The Morgan fingerprint density at radius 2 is 2.21 bits per heavy atom. The summed E-state index contributed by atoms with van der Waals surface area (Å²) in [5.41, 5.74) is 2.71. The minimum absolute atomic E-state index is 0.0343. The number of carbonyl (C=O) groups excluding carboxylic acids is 1. The number of thiazole rings is 1. The van der Waals surface area contributed by atoms with Gasteiger partial charge in [-0.1, -0.05) is 43.4 Å². The molecule has 1 atom stereocenters. The maximum Gasteiger partial charge on any atom is 0.270 e. The Bertz CT molecular complexity index is 961. The van der Waals surface area contributed by atoms with Gasteiger partial charge in [-0.2, -0.15) is 0 Å². The van der Waals surface area contributed by atoms with Gasteiger partial charge in [-0.15, -0.1) is 0 Å². The van der Waals surface area contributed by atoms with Gasteiger partial charge in [0.2, 0.25) is 0 Å². The molecule has 1 aromatic carbocycles. The summed E-state index contributed by atoms with van der Waals surface area (Å²) in [7, 11) is 0. The highest BCUT2D eigenvalue weighted by Gasteiger charge is 2.26. The Labute approximate surface area is 175 Å². The maximum atomic E-state index is 13.0. The van der Waals surface area contributed by atoms with Crippen LogP contribution in [-0.2, 0) is 13.0 Å². The van der Waals surface area contributed by atoms with Crippen molar-refractivity contribution in [1.82, 2.24) is 14.9 Å². The van der Waals surface area contributed by atoms with Crippen LogP contribution in [0.2, 0.25) is 0 Å². The zero-order chi connectivity index (χ0) is 20.4. The average Bonchev–Trinajstić information content (AvgIpc) is 3.33. The first-order chi connectivity index (χ1) is 14.0. The predicted molar refractivity (Wildman–Crippen MR) is 117 cm³/mol. The van der Waals surface area contributed by atoms with Gasteiger partial charge >= 0.3 is 0 Å². The number of aromatic amines is 1. The SMILES string of the molecule is CC(C)CC(CO)CNc1nc2c(s1)CN(C(=O)c1cc3ccccc3[nH]1)CC2. The van der Waals surface area contributed by atoms with Gasteiger partial charge in [0.15, 0.2) is 5.13 Å². The van der Waals surface area contributed by atoms with Gasteiger partial charge in [0.25, 0.3) is 5.91 Å². The van der Waals surface area contributed by atoms with Crippen molar-refractivity contribution in [3.8, 4) is 0 Å². The number of benzene rings is 1. The topological polar surface area (TPSA) is 81.2 Å². The van der Waals surface area contributed by atoms with E-state index in [1.165, 1.54) is 0 Å². The summed E-state index contributed by atoms with van der Waals surface area (Å²) in [6, 6.07) is 9.87. The number of aliphatic hydroxyl groups is 1. The van der Waals surface area contributed by atoms with Crippen molar-refractivity contribution in [1.29, 1.82) is 0 Å². The molecule has 3 N–H and O–H groups in total. The number of amides is 1. The summed E-state index contributed by atoms with van der Waals surface area (Å²) in [5.74, 6) is 0.825. The Kier molecular flexibility index (Phi) is 5.87. The van der Waals surface area contributed by atoms with Crippen molar-refractivity contribution in [3.05, 3.63) is 46.6 Å². The van der Waals surface area contributed by atoms with Crippen LogP contribution in [-0.4, -0.2) is 45.6 Å². The van der Waals surface area contributed by atoms with Gasteiger partial charge in [-0.3, -0.25) is 4.79 Å². The molecule has 6 nitrogen and oxygen atoms in total. The number of fused-ring (bicyclic) bond motifs is 2. The minimum atomic E-state index is 0.0343. The Hall–Kier alpha value is -2.38. The first kappa shape index (κ1) is 19.9. The van der Waals surface area contributed by atoms with Crippen LogP contribution >= 0.6 is 11.3 Å². The molecule has 1 aliphatic rings. The summed E-state index contributed by atoms with van der Waals surface area (Å²) in [5, 5.41) is 14.9. The Morgan fingerprint density at radius 3 is 2.97 bits per heavy atom. The van der Waals surface area contributed by atoms with Gasteiger partial charge in [0.1, 0.15) is 5.69 Å². The van der Waals surface area contributed by atoms with E-state index in [-0.39, 0.29) is 18.4 Å². The van der Waals surface area contributed by atoms with Gasteiger partial charge in [-0.05, 0) is 30.4 Å². The van der Waals surface area contributed by atoms with E-state index in [1.54, 1.807) is 11.3 Å². The van der Waals surface area contributed by atoms with Crippen molar-refractivity contribution in [3.63, 3.8) is 0 Å². The van der Waals surface area contributed by atoms with Gasteiger partial charge in [0.05, 0.1) is 12.2 Å². The first-order valence-corrected chi connectivity index (χ1v) is 11.1. The second-order valence-corrected chi connectivity index (χ2v) is 9.28. The van der Waals surface area contributed by atoms with E-state index in [0.717, 1.165) is 46.0 Å². The molecule has 0 fully saturated rings. The number of nitrogens with zero attached hydrogens (tertiary/aromatic N) is 2. The number of rotatable bonds is 7. The van der Waals surface area contributed by atoms with Crippen molar-refractivity contribution in [2.75, 3.05) is 25.0 Å². The lowest BCUT2D eigenvalue weighted by atomic mass is 9.98. The molecule has 0 spiro atoms. The lowest BCUT2D eigenvalue weighted by Gasteiger charge is -2.25. The Balaban J connectivity index is 1.41. The number of aromatic nitrogens is 2. The van der Waals surface area contributed by atoms with E-state index in [2.05, 4.69) is 24.1 Å². The molecule has 0 aliphatic carbocycles. The Morgan fingerprint density at radius 1 is 1.38 bits per heavy atom. The molecule has 29 heavy (non-hydrogen) atoms. The standard InChI is InChI=1S/C22H28N4O2S/c1-14(2)9-15(13-27)11-23-22-25-18-7-8-26(12-20(18)29-22)21(28)19-10-16-5-3-4-6-17(16)24-19/h3-6,10,14-15,24,27H,7-9,11-13H2,1-2H3,(H,23,25). The largest absolute Gasteiger partial charge is 0.396 e. The predicted octanol–water partition coefficient (Wildman–Crippen LogP) is 3.89. The third-order valence-corrected chi connectivity index (χ3v) is 6.42. The molecule has 1 amide bonds. The molecular weight excluding hydrogens is 384 g/mol. The molecular formula is C22H28N4O2S. The molecule has 1 aliphatic heterocycles. The highest BCUT2D eigenvalue weighted by Crippen LogP contribution is 2.29. The summed E-state index contributed by atoms with van der Waals surface area (Å²) in [6.45, 7) is 6.52. The lowest BCUT2D eigenvalue weighted by Crippen LogP contribution is -2.35. The molecule has 0 saturated carbocycles. The molecule has 2 aromatic heterocycles. The number of hydrogen-bond acceptors (Lipinski definition) is 5. The van der Waals surface area contributed by atoms with Crippen molar-refractivity contribution < 1.29 is 9.90 Å². The van der Waals surface area contributed by atoms with E-state index in [4.69, 9.17) is 4.98 Å². The molecule has 1 unspecified atom stereocenters. The minimum Gasteiger partial charge on any atom is -0.396 e. The number of carbonyl (C=O) groups is 1. The number of anilines is 1. The summed E-state index contributed by atoms with van der Waals surface area (Å²) < 4.78 is 0. The van der Waals surface area contributed by atoms with Crippen LogP contribution in [0.1, 0.15) is 41.3 Å². The van der Waals surface area contributed by atoms with Gasteiger partial charge < -0.3 is 20.3 Å². The molecule has 3 heterocycles. The maximum absolute atomic E-state index is 13.0. The molecule has 7 heteroatoms. The van der Waals surface area contributed by atoms with Crippen LogP contribution < -0.4 is 5.32 Å². The van der Waals surface area contributed by atoms with Crippen molar-refractivity contribution >= 4 is 33.3 Å². The second kappa shape index (κ2) is 8.55. The molecule has 0 bridgehead atoms. The molecule has 0 saturated heterocycles. The monoisotopic (exact) mass is 412 g/mol. The molecule has 4 rings (SSSR count). The molecule has 0 radical (unpaired) electrons. The second-order valence-electron chi connectivity index (χ2n) is 8.19. The van der Waals surface area contributed by atoms with E-state index in [9.17, 15) is 9.90 Å². The van der Waals surface area contributed by atoms with Gasteiger partial charge in [0, 0.05) is 41.9 Å². The van der Waals surface area contributed by atoms with E-state index in [0.29, 0.717) is 24.7 Å². The number of para-hydroxylation sites is 1. The fourth-order valence-electron chi connectivity index (χ4n) is 3.92. The average molecular weight is 413 g/mol. The lowest BCUT2D eigenvalue weighted by molar-refractivity contribution is 0.0731. The molecule has 3 aromatic rings. The summed E-state index contributed by atoms with van der Waals surface area (Å²) in [4.78, 5) is 24.0. The zero-order valence-electron chi connectivity index (χ0n) is 16.9. The van der Waals surface area contributed by atoms with E-state index in [1.807, 2.05) is 35.2 Å². The van der Waals surface area contributed by atoms with Crippen LogP contribution in [0.25, 0.3) is 10.9 Å². The van der Waals surface area contributed by atoms with E-state index < -0.39 is 0 Å². The summed E-state index contributed by atoms with van der Waals surface area (Å²) >= 11 is 1.62. The van der Waals surface area contributed by atoms with Crippen LogP contribution in [0.15, 0.2) is 30.3 Å². The number of nitrogens with one attached hydrogen (secondary N) is 2. The van der Waals surface area contributed by atoms with Crippen LogP contribution in [0, 0.1) is 11.8 Å². The highest BCUT2D eigenvalue weighted by molar-refractivity contribution is 7.15. The fraction of sp³-hybridized carbons (Fsp3) is 0.455. The summed E-state index contributed by atoms with van der Waals surface area (Å²) in [6.07, 6.45) is 1.76. The number of H-pyrrole nitrogens is 1. The normalized spacial score (nSPS) is 15.0. The third kappa shape index (κ3) is 4.46. The van der Waals surface area contributed by atoms with E-state index >= 15 is 0 Å². The van der Waals surface area contributed by atoms with Gasteiger partial charge in [-0.25, -0.2) is 4.98 Å². The molecule has 154 valence electrons. The number of hydrogen-bond donors (Lipinski definition) is 3. The van der Waals surface area contributed by atoms with Crippen molar-refractivity contribution in [2.45, 2.75) is 33.2 Å². The van der Waals surface area contributed by atoms with Crippen LogP contribution in [0.3, 0.4) is 0 Å². The quantitative estimate of drug-likeness (QED) is 0.550. The van der Waals surface area contributed by atoms with Crippen LogP contribution in [0.4, 0.5) is 5.13 Å². The zero-order valence-corrected chi connectivity index (χ0v) is 17.8. The first-order valence-electron chi connectivity index (χ1n) is 10.2. The van der Waals surface area contributed by atoms with Crippen molar-refractivity contribution in [2.24, 2.45) is 11.8 Å². The third-order valence-electron chi connectivity index (χ3n) is 5.38. The fourth-order valence-corrected chi connectivity index (χ4v) is 4.95. The number of aliphatic hydroxyl groups excluding tert-OH is 1. The highest BCUT2D eigenvalue weighted by atomic mass is 32.1.